The summed E-state index contributed by atoms with van der Waals surface area (Å²) in [5.74, 6) is -0.114. The first-order chi connectivity index (χ1) is 9.56. The Labute approximate surface area is 120 Å². The summed E-state index contributed by atoms with van der Waals surface area (Å²) in [7, 11) is 0. The molecule has 4 N–H and O–H groups in total. The third kappa shape index (κ3) is 5.30. The number of thioether (sulfide) groups is 1. The quantitative estimate of drug-likeness (QED) is 0.465. The summed E-state index contributed by atoms with van der Waals surface area (Å²) < 4.78 is 1.44. The number of carboxylic acid groups (broad SMARTS) is 1. The van der Waals surface area contributed by atoms with Crippen LogP contribution in [0.15, 0.2) is 4.79 Å². The first kappa shape index (κ1) is 16.6. The van der Waals surface area contributed by atoms with Crippen molar-refractivity contribution in [3.63, 3.8) is 0 Å². The van der Waals surface area contributed by atoms with E-state index in [1.807, 2.05) is 0 Å². The molecule has 0 radical (unpaired) electrons. The molecule has 20 heavy (non-hydrogen) atoms. The molecule has 0 saturated heterocycles. The average Bonchev–Trinajstić information content (AvgIpc) is 2.65. The van der Waals surface area contributed by atoms with E-state index in [1.165, 1.54) is 16.3 Å². The number of aromatic hydroxyl groups is 1. The van der Waals surface area contributed by atoms with Crippen LogP contribution < -0.4 is 5.69 Å². The van der Waals surface area contributed by atoms with Gasteiger partial charge in [0.05, 0.1) is 11.4 Å². The second-order valence-electron chi connectivity index (χ2n) is 4.36. The van der Waals surface area contributed by atoms with Crippen molar-refractivity contribution in [3.8, 4) is 5.88 Å². The van der Waals surface area contributed by atoms with E-state index in [4.69, 9.17) is 10.2 Å². The predicted molar refractivity (Wildman–Crippen MR) is 76.3 cm³/mol. The van der Waals surface area contributed by atoms with Crippen LogP contribution in [-0.2, 0) is 17.8 Å². The van der Waals surface area contributed by atoms with Crippen LogP contribution in [0.3, 0.4) is 0 Å². The van der Waals surface area contributed by atoms with Crippen molar-refractivity contribution in [3.05, 3.63) is 16.2 Å². The Morgan fingerprint density at radius 3 is 2.70 bits per heavy atom. The van der Waals surface area contributed by atoms with E-state index in [0.717, 1.165) is 18.6 Å². The topological polar surface area (TPSA) is 116 Å². The van der Waals surface area contributed by atoms with Crippen molar-refractivity contribution in [1.29, 1.82) is 0 Å². The zero-order chi connectivity index (χ0) is 15.0. The summed E-state index contributed by atoms with van der Waals surface area (Å²) in [4.78, 5) is 24.3. The van der Waals surface area contributed by atoms with E-state index in [-0.39, 0.29) is 23.9 Å². The molecule has 0 spiro atoms. The molecule has 0 aliphatic heterocycles. The molecule has 7 nitrogen and oxygen atoms in total. The monoisotopic (exact) mass is 304 g/mol. The van der Waals surface area contributed by atoms with Crippen LogP contribution in [0.4, 0.5) is 0 Å². The third-order valence-corrected chi connectivity index (χ3v) is 3.82. The zero-order valence-electron chi connectivity index (χ0n) is 11.2. The lowest BCUT2D eigenvalue weighted by Gasteiger charge is -2.06. The summed E-state index contributed by atoms with van der Waals surface area (Å²) in [6.45, 7) is 0.360. The number of nitrogens with zero attached hydrogens (tertiary/aromatic N) is 1. The number of rotatable bonds is 10. The van der Waals surface area contributed by atoms with Gasteiger partial charge in [-0.2, -0.15) is 11.8 Å². The summed E-state index contributed by atoms with van der Waals surface area (Å²) in [6.07, 6.45) is 2.58. The van der Waals surface area contributed by atoms with Crippen LogP contribution in [0.5, 0.6) is 5.88 Å². The van der Waals surface area contributed by atoms with Gasteiger partial charge in [-0.05, 0) is 31.4 Å². The Bertz CT molecular complexity index is 483. The molecule has 1 rings (SSSR count). The summed E-state index contributed by atoms with van der Waals surface area (Å²) >= 11 is 1.35. The molecule has 0 aliphatic carbocycles. The highest BCUT2D eigenvalue weighted by Crippen LogP contribution is 2.16. The van der Waals surface area contributed by atoms with Gasteiger partial charge in [0.15, 0.2) is 0 Å². The Kier molecular flexibility index (Phi) is 7.24. The second-order valence-corrected chi connectivity index (χ2v) is 5.46. The highest BCUT2D eigenvalue weighted by atomic mass is 32.2. The Balaban J connectivity index is 2.42. The van der Waals surface area contributed by atoms with E-state index < -0.39 is 5.97 Å². The minimum atomic E-state index is -0.823. The molecular weight excluding hydrogens is 284 g/mol. The van der Waals surface area contributed by atoms with Crippen molar-refractivity contribution in [2.75, 3.05) is 18.1 Å². The first-order valence-electron chi connectivity index (χ1n) is 6.47. The zero-order valence-corrected chi connectivity index (χ0v) is 12.0. The number of hydrogen-bond acceptors (Lipinski definition) is 5. The number of H-pyrrole nitrogens is 1. The van der Waals surface area contributed by atoms with Crippen LogP contribution in [0.2, 0.25) is 0 Å². The van der Waals surface area contributed by atoms with Gasteiger partial charge in [0.1, 0.15) is 0 Å². The molecule has 0 amide bonds. The molecule has 0 bridgehead atoms. The van der Waals surface area contributed by atoms with E-state index >= 15 is 0 Å². The van der Waals surface area contributed by atoms with Gasteiger partial charge in [-0.25, -0.2) is 4.79 Å². The van der Waals surface area contributed by atoms with E-state index in [0.29, 0.717) is 25.1 Å². The molecule has 0 saturated carbocycles. The molecule has 0 fully saturated rings. The molecule has 0 aromatic carbocycles. The molecule has 114 valence electrons. The van der Waals surface area contributed by atoms with Gasteiger partial charge in [0.2, 0.25) is 5.88 Å². The van der Waals surface area contributed by atoms with Crippen molar-refractivity contribution in [1.82, 2.24) is 9.55 Å². The molecular formula is C12H20N2O5S. The molecule has 0 unspecified atom stereocenters. The number of unbranched alkanes of at least 4 members (excludes halogenated alkanes) is 1. The minimum Gasteiger partial charge on any atom is -0.493 e. The smallest absolute Gasteiger partial charge is 0.328 e. The summed E-state index contributed by atoms with van der Waals surface area (Å²) in [5, 5.41) is 27.0. The fourth-order valence-corrected chi connectivity index (χ4v) is 2.59. The maximum Gasteiger partial charge on any atom is 0.328 e. The number of aromatic nitrogens is 2. The summed E-state index contributed by atoms with van der Waals surface area (Å²) in [5.41, 5.74) is 0.179. The lowest BCUT2D eigenvalue weighted by Crippen LogP contribution is -2.19. The molecule has 1 aromatic heterocycles. The van der Waals surface area contributed by atoms with Crippen LogP contribution in [0.25, 0.3) is 0 Å². The normalized spacial score (nSPS) is 10.8. The third-order valence-electron chi connectivity index (χ3n) is 2.79. The second kappa shape index (κ2) is 8.70. The number of aliphatic hydroxyl groups is 1. The first-order valence-corrected chi connectivity index (χ1v) is 7.62. The van der Waals surface area contributed by atoms with Crippen LogP contribution in [-0.4, -0.2) is 49.0 Å². The van der Waals surface area contributed by atoms with E-state index in [2.05, 4.69) is 4.98 Å². The standard InChI is InChI=1S/C12H20N2O5S/c15-6-3-5-14-9(11(18)13-12(14)19)4-1-2-7-20-8-10(16)17/h15,18H,1-8H2,(H,13,19)(H,16,17). The number of carboxylic acids is 1. The molecule has 1 aromatic rings. The lowest BCUT2D eigenvalue weighted by molar-refractivity contribution is -0.133. The van der Waals surface area contributed by atoms with E-state index in [9.17, 15) is 14.7 Å². The Hall–Kier alpha value is -1.41. The number of aliphatic hydroxyl groups excluding tert-OH is 1. The highest BCUT2D eigenvalue weighted by molar-refractivity contribution is 7.99. The number of nitrogens with one attached hydrogen (secondary N) is 1. The Morgan fingerprint density at radius 2 is 2.05 bits per heavy atom. The van der Waals surface area contributed by atoms with Gasteiger partial charge >= 0.3 is 11.7 Å². The van der Waals surface area contributed by atoms with Gasteiger partial charge in [-0.15, -0.1) is 0 Å². The van der Waals surface area contributed by atoms with Crippen LogP contribution in [0.1, 0.15) is 25.0 Å². The van der Waals surface area contributed by atoms with Crippen LogP contribution in [0, 0.1) is 0 Å². The van der Waals surface area contributed by atoms with Crippen molar-refractivity contribution in [2.24, 2.45) is 0 Å². The molecule has 8 heteroatoms. The van der Waals surface area contributed by atoms with Crippen LogP contribution >= 0.6 is 11.8 Å². The number of aromatic amines is 1. The SMILES string of the molecule is O=C(O)CSCCCCc1c(O)[nH]c(=O)n1CCCO. The average molecular weight is 304 g/mol. The molecule has 0 atom stereocenters. The number of imidazole rings is 1. The molecule has 1 heterocycles. The van der Waals surface area contributed by atoms with Crippen molar-refractivity contribution in [2.45, 2.75) is 32.2 Å². The fourth-order valence-electron chi connectivity index (χ4n) is 1.87. The van der Waals surface area contributed by atoms with E-state index in [1.54, 1.807) is 0 Å². The fraction of sp³-hybridized carbons (Fsp3) is 0.667. The lowest BCUT2D eigenvalue weighted by atomic mass is 10.2. The van der Waals surface area contributed by atoms with Gasteiger partial charge in [-0.3, -0.25) is 14.3 Å². The number of hydrogen-bond donors (Lipinski definition) is 4. The number of aliphatic carboxylic acids is 1. The largest absolute Gasteiger partial charge is 0.493 e. The van der Waals surface area contributed by atoms with Gasteiger partial charge in [-0.1, -0.05) is 0 Å². The predicted octanol–water partition coefficient (Wildman–Crippen LogP) is 0.405. The van der Waals surface area contributed by atoms with Gasteiger partial charge in [0.25, 0.3) is 0 Å². The Morgan fingerprint density at radius 1 is 1.30 bits per heavy atom. The van der Waals surface area contributed by atoms with Crippen molar-refractivity contribution >= 4 is 17.7 Å². The maximum atomic E-state index is 11.6. The van der Waals surface area contributed by atoms with Crippen molar-refractivity contribution < 1.29 is 20.1 Å². The molecule has 0 aliphatic rings. The number of carbonyl (C=O) groups is 1. The van der Waals surface area contributed by atoms with Gasteiger partial charge in [0, 0.05) is 13.2 Å². The van der Waals surface area contributed by atoms with Gasteiger partial charge < -0.3 is 15.3 Å². The summed E-state index contributed by atoms with van der Waals surface area (Å²) in [6, 6.07) is 0. The highest BCUT2D eigenvalue weighted by Gasteiger charge is 2.12. The maximum absolute atomic E-state index is 11.6. The minimum absolute atomic E-state index is 0.0103.